The molecule has 2 aromatic heterocycles. The van der Waals surface area contributed by atoms with Gasteiger partial charge in [-0.1, -0.05) is 60.7 Å². The van der Waals surface area contributed by atoms with Gasteiger partial charge in [0.25, 0.3) is 5.91 Å². The molecule has 2 heterocycles. The molecule has 5 rings (SSSR count). The molecule has 1 N–H and O–H groups in total. The van der Waals surface area contributed by atoms with Crippen molar-refractivity contribution < 1.29 is 23.8 Å². The fourth-order valence-corrected chi connectivity index (χ4v) is 4.43. The predicted octanol–water partition coefficient (Wildman–Crippen LogP) is 5.16. The first-order valence-corrected chi connectivity index (χ1v) is 12.6. The van der Waals surface area contributed by atoms with E-state index in [0.29, 0.717) is 27.9 Å². The number of aromatic nitrogens is 3. The first kappa shape index (κ1) is 25.7. The van der Waals surface area contributed by atoms with Gasteiger partial charge >= 0.3 is 5.97 Å². The quantitative estimate of drug-likeness (QED) is 0.266. The van der Waals surface area contributed by atoms with Crippen LogP contribution in [0.4, 0.5) is 0 Å². The summed E-state index contributed by atoms with van der Waals surface area (Å²) in [4.78, 5) is 29.9. The Morgan fingerprint density at radius 1 is 0.923 bits per heavy atom. The summed E-state index contributed by atoms with van der Waals surface area (Å²) in [7, 11) is 0. The van der Waals surface area contributed by atoms with Crippen LogP contribution in [0.1, 0.15) is 34.1 Å². The summed E-state index contributed by atoms with van der Waals surface area (Å²) in [5.74, 6) is 0.485. The summed E-state index contributed by atoms with van der Waals surface area (Å²) in [6.07, 6.45) is 1.37. The Kier molecular flexibility index (Phi) is 7.40. The number of hydrogen-bond acceptors (Lipinski definition) is 7. The van der Waals surface area contributed by atoms with Crippen LogP contribution < -0.4 is 14.8 Å². The van der Waals surface area contributed by atoms with Gasteiger partial charge in [0.15, 0.2) is 17.1 Å². The van der Waals surface area contributed by atoms with E-state index in [2.05, 4.69) is 15.4 Å². The van der Waals surface area contributed by atoms with Gasteiger partial charge in [0.2, 0.25) is 0 Å². The number of nitrogens with zero attached hydrogens (tertiary/aromatic N) is 3. The Morgan fingerprint density at radius 3 is 2.41 bits per heavy atom. The molecule has 5 aromatic rings. The van der Waals surface area contributed by atoms with Gasteiger partial charge in [-0.05, 0) is 43.5 Å². The van der Waals surface area contributed by atoms with Crippen LogP contribution in [0.2, 0.25) is 0 Å². The SMILES string of the molecule is CCOC(=O)CNC(=O)c1c(OCc2ccccc2)c2cccc(Oc3c(C)cccc3C)c2c2ncnn12. The van der Waals surface area contributed by atoms with Gasteiger partial charge in [0, 0.05) is 5.39 Å². The van der Waals surface area contributed by atoms with E-state index < -0.39 is 11.9 Å². The number of carbonyl (C=O) groups excluding carboxylic acids is 2. The lowest BCUT2D eigenvalue weighted by Crippen LogP contribution is -2.32. The third-order valence-electron chi connectivity index (χ3n) is 6.23. The number of carbonyl (C=O) groups is 2. The van der Waals surface area contributed by atoms with E-state index >= 15 is 0 Å². The largest absolute Gasteiger partial charge is 0.486 e. The molecule has 39 heavy (non-hydrogen) atoms. The number of rotatable bonds is 9. The number of nitrogens with one attached hydrogen (secondary N) is 1. The van der Waals surface area contributed by atoms with Crippen molar-refractivity contribution in [1.29, 1.82) is 0 Å². The third kappa shape index (κ3) is 5.24. The van der Waals surface area contributed by atoms with Crippen molar-refractivity contribution in [2.24, 2.45) is 0 Å². The van der Waals surface area contributed by atoms with Crippen molar-refractivity contribution in [2.45, 2.75) is 27.4 Å². The fraction of sp³-hybridized carbons (Fsp3) is 0.200. The van der Waals surface area contributed by atoms with Gasteiger partial charge in [-0.25, -0.2) is 9.50 Å². The van der Waals surface area contributed by atoms with E-state index in [9.17, 15) is 9.59 Å². The van der Waals surface area contributed by atoms with E-state index in [1.807, 2.05) is 80.6 Å². The van der Waals surface area contributed by atoms with Gasteiger partial charge in [-0.15, -0.1) is 0 Å². The van der Waals surface area contributed by atoms with Crippen LogP contribution in [0.25, 0.3) is 16.4 Å². The van der Waals surface area contributed by atoms with Crippen molar-refractivity contribution in [3.05, 3.63) is 95.4 Å². The molecule has 0 aliphatic rings. The number of pyridine rings is 1. The minimum atomic E-state index is -0.551. The molecule has 0 aliphatic heterocycles. The highest BCUT2D eigenvalue weighted by Crippen LogP contribution is 2.40. The Labute approximate surface area is 225 Å². The monoisotopic (exact) mass is 524 g/mol. The molecule has 0 fully saturated rings. The van der Waals surface area contributed by atoms with Crippen molar-refractivity contribution in [3.8, 4) is 17.2 Å². The molecule has 198 valence electrons. The number of aryl methyl sites for hydroxylation is 2. The molecular weight excluding hydrogens is 496 g/mol. The lowest BCUT2D eigenvalue weighted by molar-refractivity contribution is -0.141. The van der Waals surface area contributed by atoms with Crippen LogP contribution in [-0.4, -0.2) is 39.6 Å². The number of fused-ring (bicyclic) bond motifs is 3. The average molecular weight is 525 g/mol. The first-order valence-electron chi connectivity index (χ1n) is 12.6. The van der Waals surface area contributed by atoms with E-state index in [4.69, 9.17) is 14.2 Å². The molecule has 0 unspecified atom stereocenters. The molecule has 0 saturated carbocycles. The maximum absolute atomic E-state index is 13.5. The van der Waals surface area contributed by atoms with Crippen molar-refractivity contribution in [2.75, 3.05) is 13.2 Å². The molecule has 3 aromatic carbocycles. The van der Waals surface area contributed by atoms with Crippen LogP contribution >= 0.6 is 0 Å². The van der Waals surface area contributed by atoms with Gasteiger partial charge < -0.3 is 19.5 Å². The zero-order chi connectivity index (χ0) is 27.4. The zero-order valence-corrected chi connectivity index (χ0v) is 21.9. The highest BCUT2D eigenvalue weighted by molar-refractivity contribution is 6.09. The Hall–Kier alpha value is -4.92. The number of hydrogen-bond donors (Lipinski definition) is 1. The molecule has 0 atom stereocenters. The van der Waals surface area contributed by atoms with Crippen LogP contribution in [0.5, 0.6) is 17.2 Å². The summed E-state index contributed by atoms with van der Waals surface area (Å²) < 4.78 is 19.2. The Bertz CT molecular complexity index is 1640. The van der Waals surface area contributed by atoms with E-state index in [1.165, 1.54) is 10.8 Å². The second-order valence-corrected chi connectivity index (χ2v) is 8.94. The summed E-state index contributed by atoms with van der Waals surface area (Å²) in [5.41, 5.74) is 3.42. The van der Waals surface area contributed by atoms with Crippen LogP contribution in [0, 0.1) is 13.8 Å². The standard InChI is InChI=1S/C30H28N4O5/c1-4-37-24(35)16-31-30(36)26-28(38-17-21-12-6-5-7-13-21)22-14-9-15-23(25(22)29-32-18-33-34(26)29)39-27-19(2)10-8-11-20(27)3/h5-15,18H,4,16-17H2,1-3H3,(H,31,36). The van der Waals surface area contributed by atoms with Crippen LogP contribution in [0.15, 0.2) is 73.1 Å². The van der Waals surface area contributed by atoms with E-state index in [1.54, 1.807) is 6.92 Å². The number of para-hydroxylation sites is 1. The minimum absolute atomic E-state index is 0.111. The van der Waals surface area contributed by atoms with Gasteiger partial charge in [0.1, 0.15) is 31.0 Å². The molecule has 0 radical (unpaired) electrons. The zero-order valence-electron chi connectivity index (χ0n) is 21.9. The third-order valence-corrected chi connectivity index (χ3v) is 6.23. The predicted molar refractivity (Wildman–Crippen MR) is 146 cm³/mol. The van der Waals surface area contributed by atoms with Gasteiger partial charge in [-0.2, -0.15) is 5.10 Å². The van der Waals surface area contributed by atoms with E-state index in [-0.39, 0.29) is 25.5 Å². The number of esters is 1. The lowest BCUT2D eigenvalue weighted by atomic mass is 10.1. The molecule has 0 aliphatic carbocycles. The summed E-state index contributed by atoms with van der Waals surface area (Å²) in [6, 6.07) is 21.1. The van der Waals surface area contributed by atoms with Crippen LogP contribution in [-0.2, 0) is 16.1 Å². The Morgan fingerprint density at radius 2 is 1.67 bits per heavy atom. The first-order chi connectivity index (χ1) is 19.0. The second-order valence-electron chi connectivity index (χ2n) is 8.94. The maximum atomic E-state index is 13.5. The van der Waals surface area contributed by atoms with Crippen molar-refractivity contribution in [1.82, 2.24) is 19.9 Å². The molecule has 1 amide bonds. The lowest BCUT2D eigenvalue weighted by Gasteiger charge is -2.18. The Balaban J connectivity index is 1.67. The van der Waals surface area contributed by atoms with Gasteiger partial charge in [0.05, 0.1) is 12.0 Å². The summed E-state index contributed by atoms with van der Waals surface area (Å²) in [6.45, 7) is 5.80. The van der Waals surface area contributed by atoms with Gasteiger partial charge in [-0.3, -0.25) is 9.59 Å². The molecule has 0 bridgehead atoms. The maximum Gasteiger partial charge on any atom is 0.325 e. The number of benzene rings is 3. The average Bonchev–Trinajstić information content (AvgIpc) is 3.42. The summed E-state index contributed by atoms with van der Waals surface area (Å²) in [5, 5.41) is 8.23. The molecule has 9 heteroatoms. The second kappa shape index (κ2) is 11.2. The van der Waals surface area contributed by atoms with E-state index in [0.717, 1.165) is 22.4 Å². The number of amides is 1. The van der Waals surface area contributed by atoms with Crippen LogP contribution in [0.3, 0.4) is 0 Å². The van der Waals surface area contributed by atoms with Crippen molar-refractivity contribution in [3.63, 3.8) is 0 Å². The normalized spacial score (nSPS) is 10.9. The van der Waals surface area contributed by atoms with Crippen molar-refractivity contribution >= 4 is 28.3 Å². The molecule has 9 nitrogen and oxygen atoms in total. The molecular formula is C30H28N4O5. The minimum Gasteiger partial charge on any atom is -0.486 e. The topological polar surface area (TPSA) is 104 Å². The highest BCUT2D eigenvalue weighted by atomic mass is 16.5. The molecule has 0 spiro atoms. The smallest absolute Gasteiger partial charge is 0.325 e. The number of ether oxygens (including phenoxy) is 3. The molecule has 0 saturated heterocycles. The fourth-order valence-electron chi connectivity index (χ4n) is 4.43. The summed E-state index contributed by atoms with van der Waals surface area (Å²) >= 11 is 0. The highest BCUT2D eigenvalue weighted by Gasteiger charge is 2.26.